The molecule has 0 fully saturated rings. The van der Waals surface area contributed by atoms with E-state index in [1.807, 2.05) is 42.5 Å². The molecule has 7 heteroatoms. The summed E-state index contributed by atoms with van der Waals surface area (Å²) in [5, 5.41) is 9.02. The molecule has 2 amide bonds. The Morgan fingerprint density at radius 2 is 1.43 bits per heavy atom. The Bertz CT molecular complexity index is 980. The van der Waals surface area contributed by atoms with Gasteiger partial charge < -0.3 is 10.6 Å². The lowest BCUT2D eigenvalue weighted by Crippen LogP contribution is -2.39. The van der Waals surface area contributed by atoms with Crippen molar-refractivity contribution in [1.82, 2.24) is 10.6 Å². The summed E-state index contributed by atoms with van der Waals surface area (Å²) in [4.78, 5) is 24.2. The van der Waals surface area contributed by atoms with Crippen LogP contribution in [-0.2, 0) is 9.59 Å². The molecule has 1 unspecified atom stereocenters. The number of nitrogens with one attached hydrogen (secondary N) is 3. The van der Waals surface area contributed by atoms with Gasteiger partial charge in [-0.25, -0.2) is 4.39 Å². The van der Waals surface area contributed by atoms with Crippen LogP contribution in [0.5, 0.6) is 0 Å². The van der Waals surface area contributed by atoms with Gasteiger partial charge in [-0.3, -0.25) is 14.9 Å². The molecule has 3 aromatic carbocycles. The van der Waals surface area contributed by atoms with Crippen LogP contribution >= 0.6 is 11.6 Å². The quantitative estimate of drug-likeness (QED) is 0.512. The lowest BCUT2D eigenvalue weighted by Gasteiger charge is -2.20. The van der Waals surface area contributed by atoms with E-state index in [2.05, 4.69) is 16.0 Å². The third-order valence-corrected chi connectivity index (χ3v) is 4.63. The topological polar surface area (TPSA) is 70.2 Å². The molecule has 0 saturated heterocycles. The van der Waals surface area contributed by atoms with Gasteiger partial charge in [-0.2, -0.15) is 0 Å². The van der Waals surface area contributed by atoms with Crippen LogP contribution in [0.1, 0.15) is 17.2 Å². The molecule has 0 aliphatic rings. The van der Waals surface area contributed by atoms with Crippen molar-refractivity contribution in [2.45, 2.75) is 6.04 Å². The first-order valence-electron chi connectivity index (χ1n) is 9.37. The maximum atomic E-state index is 12.9. The third-order valence-electron chi connectivity index (χ3n) is 4.38. The summed E-state index contributed by atoms with van der Waals surface area (Å²) in [5.74, 6) is -1.10. The standard InChI is InChI=1S/C23H21ClFN3O2/c24-18-8-6-17(7-9-18)23(16-4-2-1-3-5-16)27-14-21(29)26-15-22(30)28-20-12-10-19(25)11-13-20/h1-13,23,27H,14-15H2,(H,26,29)(H,28,30). The highest BCUT2D eigenvalue weighted by Gasteiger charge is 2.15. The molecule has 0 radical (unpaired) electrons. The number of hydrogen-bond donors (Lipinski definition) is 3. The molecule has 0 heterocycles. The second-order valence-electron chi connectivity index (χ2n) is 6.61. The van der Waals surface area contributed by atoms with Crippen LogP contribution in [0.25, 0.3) is 0 Å². The van der Waals surface area contributed by atoms with Crippen molar-refractivity contribution in [2.24, 2.45) is 0 Å². The van der Waals surface area contributed by atoms with E-state index in [1.165, 1.54) is 24.3 Å². The van der Waals surface area contributed by atoms with Crippen LogP contribution < -0.4 is 16.0 Å². The molecule has 3 rings (SSSR count). The first kappa shape index (κ1) is 21.5. The smallest absolute Gasteiger partial charge is 0.243 e. The Morgan fingerprint density at radius 1 is 0.800 bits per heavy atom. The number of rotatable bonds is 8. The van der Waals surface area contributed by atoms with E-state index in [-0.39, 0.29) is 30.9 Å². The van der Waals surface area contributed by atoms with Gasteiger partial charge in [0.25, 0.3) is 0 Å². The lowest BCUT2D eigenvalue weighted by atomic mass is 9.99. The SMILES string of the molecule is O=C(CNC(c1ccccc1)c1ccc(Cl)cc1)NCC(=O)Nc1ccc(F)cc1. The molecule has 0 saturated carbocycles. The van der Waals surface area contributed by atoms with Gasteiger partial charge in [-0.1, -0.05) is 54.1 Å². The van der Waals surface area contributed by atoms with Gasteiger partial charge in [-0.15, -0.1) is 0 Å². The van der Waals surface area contributed by atoms with Gasteiger partial charge in [0.05, 0.1) is 19.1 Å². The average Bonchev–Trinajstić information content (AvgIpc) is 2.76. The molecule has 0 aliphatic heterocycles. The van der Waals surface area contributed by atoms with Crippen molar-refractivity contribution < 1.29 is 14.0 Å². The summed E-state index contributed by atoms with van der Waals surface area (Å²) in [6.07, 6.45) is 0. The number of carbonyl (C=O) groups excluding carboxylic acids is 2. The molecule has 0 bridgehead atoms. The van der Waals surface area contributed by atoms with E-state index in [1.54, 1.807) is 12.1 Å². The number of amides is 2. The predicted octanol–water partition coefficient (Wildman–Crippen LogP) is 3.91. The van der Waals surface area contributed by atoms with E-state index in [0.717, 1.165) is 11.1 Å². The Kier molecular flexibility index (Phi) is 7.54. The minimum atomic E-state index is -0.396. The third kappa shape index (κ3) is 6.40. The molecule has 154 valence electrons. The molecule has 0 aliphatic carbocycles. The second-order valence-corrected chi connectivity index (χ2v) is 7.04. The number of hydrogen-bond acceptors (Lipinski definition) is 3. The highest BCUT2D eigenvalue weighted by Crippen LogP contribution is 2.23. The van der Waals surface area contributed by atoms with Gasteiger partial charge in [0.1, 0.15) is 5.82 Å². The number of carbonyl (C=O) groups is 2. The Morgan fingerprint density at radius 3 is 2.10 bits per heavy atom. The zero-order valence-corrected chi connectivity index (χ0v) is 16.8. The first-order chi connectivity index (χ1) is 14.5. The van der Waals surface area contributed by atoms with E-state index >= 15 is 0 Å². The summed E-state index contributed by atoms with van der Waals surface area (Å²) in [5.41, 5.74) is 2.43. The molecular weight excluding hydrogens is 405 g/mol. The van der Waals surface area contributed by atoms with Gasteiger partial charge in [0, 0.05) is 10.7 Å². The normalized spacial score (nSPS) is 11.5. The highest BCUT2D eigenvalue weighted by molar-refractivity contribution is 6.30. The van der Waals surface area contributed by atoms with Crippen LogP contribution in [0.3, 0.4) is 0 Å². The van der Waals surface area contributed by atoms with Crippen LogP contribution in [-0.4, -0.2) is 24.9 Å². The van der Waals surface area contributed by atoms with Crippen molar-refractivity contribution in [1.29, 1.82) is 0 Å². The summed E-state index contributed by atoms with van der Waals surface area (Å²) in [6, 6.07) is 22.3. The van der Waals surface area contributed by atoms with E-state index in [0.29, 0.717) is 10.7 Å². The Hall–Kier alpha value is -3.22. The number of benzene rings is 3. The maximum absolute atomic E-state index is 12.9. The summed E-state index contributed by atoms with van der Waals surface area (Å²) >= 11 is 5.99. The van der Waals surface area contributed by atoms with E-state index in [4.69, 9.17) is 11.6 Å². The molecular formula is C23H21ClFN3O2. The molecule has 1 atom stereocenters. The molecule has 30 heavy (non-hydrogen) atoms. The Labute approximate surface area is 179 Å². The first-order valence-corrected chi connectivity index (χ1v) is 9.75. The van der Waals surface area contributed by atoms with Gasteiger partial charge in [0.2, 0.25) is 11.8 Å². The lowest BCUT2D eigenvalue weighted by molar-refractivity contribution is -0.123. The zero-order chi connectivity index (χ0) is 21.3. The van der Waals surface area contributed by atoms with E-state index < -0.39 is 5.91 Å². The number of anilines is 1. The fourth-order valence-electron chi connectivity index (χ4n) is 2.90. The summed E-state index contributed by atoms with van der Waals surface area (Å²) in [7, 11) is 0. The van der Waals surface area contributed by atoms with Gasteiger partial charge >= 0.3 is 0 Å². The largest absolute Gasteiger partial charge is 0.346 e. The van der Waals surface area contributed by atoms with Crippen LogP contribution in [0, 0.1) is 5.82 Å². The van der Waals surface area contributed by atoms with Crippen molar-refractivity contribution in [3.63, 3.8) is 0 Å². The van der Waals surface area contributed by atoms with Gasteiger partial charge in [-0.05, 0) is 47.5 Å². The van der Waals surface area contributed by atoms with Crippen LogP contribution in [0.4, 0.5) is 10.1 Å². The highest BCUT2D eigenvalue weighted by atomic mass is 35.5. The molecule has 3 N–H and O–H groups in total. The minimum absolute atomic E-state index is 0.0199. The summed E-state index contributed by atoms with van der Waals surface area (Å²) in [6.45, 7) is -0.166. The molecule has 0 aromatic heterocycles. The van der Waals surface area contributed by atoms with Crippen molar-refractivity contribution in [3.05, 3.63) is 101 Å². The summed E-state index contributed by atoms with van der Waals surface area (Å²) < 4.78 is 12.9. The van der Waals surface area contributed by atoms with Crippen LogP contribution in [0.2, 0.25) is 5.02 Å². The Balaban J connectivity index is 1.54. The van der Waals surface area contributed by atoms with Gasteiger partial charge in [0.15, 0.2) is 0 Å². The molecule has 5 nitrogen and oxygen atoms in total. The minimum Gasteiger partial charge on any atom is -0.346 e. The van der Waals surface area contributed by atoms with Crippen LogP contribution in [0.15, 0.2) is 78.9 Å². The predicted molar refractivity (Wildman–Crippen MR) is 116 cm³/mol. The number of halogens is 2. The second kappa shape index (κ2) is 10.5. The monoisotopic (exact) mass is 425 g/mol. The molecule has 0 spiro atoms. The fraction of sp³-hybridized carbons (Fsp3) is 0.130. The van der Waals surface area contributed by atoms with Crippen molar-refractivity contribution in [3.8, 4) is 0 Å². The maximum Gasteiger partial charge on any atom is 0.243 e. The zero-order valence-electron chi connectivity index (χ0n) is 16.1. The average molecular weight is 426 g/mol. The van der Waals surface area contributed by atoms with Crippen molar-refractivity contribution >= 4 is 29.1 Å². The fourth-order valence-corrected chi connectivity index (χ4v) is 3.03. The van der Waals surface area contributed by atoms with Crippen molar-refractivity contribution in [2.75, 3.05) is 18.4 Å². The molecule has 3 aromatic rings. The van der Waals surface area contributed by atoms with E-state index in [9.17, 15) is 14.0 Å².